The maximum atomic E-state index is 11.5. The second kappa shape index (κ2) is 5.40. The van der Waals surface area contributed by atoms with E-state index in [1.54, 1.807) is 11.9 Å². The Morgan fingerprint density at radius 1 is 1.63 bits per heavy atom. The van der Waals surface area contributed by atoms with E-state index in [2.05, 4.69) is 9.97 Å². The second-order valence-electron chi connectivity index (χ2n) is 4.56. The lowest BCUT2D eigenvalue weighted by atomic mass is 10.0. The van der Waals surface area contributed by atoms with Gasteiger partial charge in [-0.3, -0.25) is 9.59 Å². The monoisotopic (exact) mass is 267 g/mol. The molecule has 104 valence electrons. The molecule has 2 rings (SSSR count). The highest BCUT2D eigenvalue weighted by molar-refractivity contribution is 5.72. The molecule has 1 aliphatic rings. The molecule has 2 atom stereocenters. The van der Waals surface area contributed by atoms with Crippen LogP contribution in [-0.2, 0) is 16.0 Å². The quantitative estimate of drug-likeness (QED) is 0.789. The third-order valence-electron chi connectivity index (χ3n) is 3.34. The molecule has 1 fully saturated rings. The summed E-state index contributed by atoms with van der Waals surface area (Å²) in [6, 6.07) is 1.06. The molecule has 1 aliphatic heterocycles. The van der Waals surface area contributed by atoms with Crippen LogP contribution in [0.4, 0.5) is 5.82 Å². The number of likely N-dealkylation sites (N-methyl/N-ethyl adjacent to an activating group) is 1. The maximum Gasteiger partial charge on any atom is 0.311 e. The van der Waals surface area contributed by atoms with Crippen molar-refractivity contribution in [2.75, 3.05) is 25.2 Å². The number of carboxylic acid groups (broad SMARTS) is 1. The van der Waals surface area contributed by atoms with Crippen molar-refractivity contribution in [1.82, 2.24) is 9.97 Å². The largest absolute Gasteiger partial charge is 0.481 e. The molecule has 0 aliphatic carbocycles. The van der Waals surface area contributed by atoms with E-state index in [9.17, 15) is 9.59 Å². The number of nitrogens with one attached hydrogen (secondary N) is 1. The van der Waals surface area contributed by atoms with Crippen LogP contribution in [0.15, 0.2) is 10.9 Å². The topological polar surface area (TPSA) is 95.5 Å². The minimum Gasteiger partial charge on any atom is -0.481 e. The van der Waals surface area contributed by atoms with Crippen LogP contribution >= 0.6 is 0 Å². The number of rotatable bonds is 4. The zero-order valence-electron chi connectivity index (χ0n) is 10.9. The smallest absolute Gasteiger partial charge is 0.311 e. The lowest BCUT2D eigenvalue weighted by molar-refractivity contribution is -0.141. The molecule has 0 aromatic carbocycles. The van der Waals surface area contributed by atoms with Gasteiger partial charge in [0.05, 0.1) is 19.3 Å². The average molecular weight is 267 g/mol. The Kier molecular flexibility index (Phi) is 3.84. The Morgan fingerprint density at radius 3 is 3.00 bits per heavy atom. The van der Waals surface area contributed by atoms with Crippen molar-refractivity contribution in [1.29, 1.82) is 0 Å². The molecule has 2 unspecified atom stereocenters. The van der Waals surface area contributed by atoms with Crippen LogP contribution in [0, 0.1) is 5.92 Å². The summed E-state index contributed by atoms with van der Waals surface area (Å²) >= 11 is 0. The zero-order chi connectivity index (χ0) is 14.0. The first-order valence-corrected chi connectivity index (χ1v) is 6.16. The van der Waals surface area contributed by atoms with Crippen LogP contribution in [0.5, 0.6) is 0 Å². The van der Waals surface area contributed by atoms with Gasteiger partial charge in [0.15, 0.2) is 0 Å². The highest BCUT2D eigenvalue weighted by Gasteiger charge is 2.37. The van der Waals surface area contributed by atoms with Crippen LogP contribution in [0.2, 0.25) is 0 Å². The Labute approximate surface area is 110 Å². The highest BCUT2D eigenvalue weighted by atomic mass is 16.5. The minimum atomic E-state index is -0.894. The lowest BCUT2D eigenvalue weighted by Gasteiger charge is -2.27. The van der Waals surface area contributed by atoms with Crippen molar-refractivity contribution >= 4 is 11.8 Å². The van der Waals surface area contributed by atoms with Crippen molar-refractivity contribution in [3.05, 3.63) is 22.2 Å². The number of aromatic amines is 1. The molecule has 19 heavy (non-hydrogen) atoms. The molecule has 1 saturated heterocycles. The molecule has 7 heteroatoms. The molecule has 1 aromatic heterocycles. The predicted octanol–water partition coefficient (Wildman–Crippen LogP) is -0.132. The number of hydrogen-bond donors (Lipinski definition) is 2. The van der Waals surface area contributed by atoms with E-state index < -0.39 is 11.9 Å². The Hall–Kier alpha value is -1.89. The van der Waals surface area contributed by atoms with E-state index in [1.807, 2.05) is 6.92 Å². The number of H-pyrrole nitrogens is 1. The van der Waals surface area contributed by atoms with E-state index in [-0.39, 0.29) is 18.2 Å². The molecule has 2 heterocycles. The van der Waals surface area contributed by atoms with Gasteiger partial charge in [0.25, 0.3) is 5.56 Å². The van der Waals surface area contributed by atoms with Gasteiger partial charge in [-0.15, -0.1) is 0 Å². The number of aryl methyl sites for hydroxylation is 1. The lowest BCUT2D eigenvalue weighted by Crippen LogP contribution is -2.41. The molecule has 0 saturated carbocycles. The van der Waals surface area contributed by atoms with E-state index in [0.717, 1.165) is 0 Å². The van der Waals surface area contributed by atoms with Crippen LogP contribution < -0.4 is 10.5 Å². The van der Waals surface area contributed by atoms with Crippen molar-refractivity contribution in [2.24, 2.45) is 5.92 Å². The van der Waals surface area contributed by atoms with Gasteiger partial charge < -0.3 is 19.7 Å². The third kappa shape index (κ3) is 2.76. The van der Waals surface area contributed by atoms with Crippen LogP contribution in [0.25, 0.3) is 0 Å². The molecular formula is C12H17N3O4. The van der Waals surface area contributed by atoms with Gasteiger partial charge in [-0.05, 0) is 0 Å². The number of nitrogens with zero attached hydrogens (tertiary/aromatic N) is 2. The summed E-state index contributed by atoms with van der Waals surface area (Å²) < 4.78 is 5.22. The first-order chi connectivity index (χ1) is 9.02. The fourth-order valence-electron chi connectivity index (χ4n) is 2.17. The van der Waals surface area contributed by atoms with Gasteiger partial charge in [0.1, 0.15) is 17.6 Å². The fraction of sp³-hybridized carbons (Fsp3) is 0.583. The van der Waals surface area contributed by atoms with Crippen LogP contribution in [0.3, 0.4) is 0 Å². The SMILES string of the molecule is CCc1nc(N(C)C2COCC2C(=O)O)cc(=O)[nH]1. The predicted molar refractivity (Wildman–Crippen MR) is 68.4 cm³/mol. The summed E-state index contributed by atoms with van der Waals surface area (Å²) in [5.41, 5.74) is -0.237. The van der Waals surface area contributed by atoms with Crippen molar-refractivity contribution in [2.45, 2.75) is 19.4 Å². The summed E-state index contributed by atoms with van der Waals surface area (Å²) in [6.45, 7) is 2.40. The number of ether oxygens (including phenoxy) is 1. The summed E-state index contributed by atoms with van der Waals surface area (Å²) in [5, 5.41) is 9.14. The number of carboxylic acids is 1. The summed E-state index contributed by atoms with van der Waals surface area (Å²) in [5.74, 6) is -0.437. The Balaban J connectivity index is 2.28. The molecule has 0 bridgehead atoms. The van der Waals surface area contributed by atoms with Crippen LogP contribution in [0.1, 0.15) is 12.7 Å². The molecule has 0 spiro atoms. The van der Waals surface area contributed by atoms with Crippen molar-refractivity contribution < 1.29 is 14.6 Å². The average Bonchev–Trinajstić information content (AvgIpc) is 2.86. The van der Waals surface area contributed by atoms with Crippen LogP contribution in [-0.4, -0.2) is 47.3 Å². The summed E-state index contributed by atoms with van der Waals surface area (Å²) in [7, 11) is 1.73. The highest BCUT2D eigenvalue weighted by Crippen LogP contribution is 2.22. The molecule has 2 N–H and O–H groups in total. The van der Waals surface area contributed by atoms with Gasteiger partial charge in [-0.1, -0.05) is 6.92 Å². The molecule has 1 aromatic rings. The van der Waals surface area contributed by atoms with Crippen molar-refractivity contribution in [3.8, 4) is 0 Å². The van der Waals surface area contributed by atoms with Gasteiger partial charge in [0, 0.05) is 19.5 Å². The van der Waals surface area contributed by atoms with Gasteiger partial charge in [-0.2, -0.15) is 0 Å². The number of aromatic nitrogens is 2. The van der Waals surface area contributed by atoms with Crippen molar-refractivity contribution in [3.63, 3.8) is 0 Å². The maximum absolute atomic E-state index is 11.5. The molecule has 0 radical (unpaired) electrons. The van der Waals surface area contributed by atoms with E-state index in [1.165, 1.54) is 6.07 Å². The third-order valence-corrected chi connectivity index (χ3v) is 3.34. The zero-order valence-corrected chi connectivity index (χ0v) is 10.9. The second-order valence-corrected chi connectivity index (χ2v) is 4.56. The molecule has 0 amide bonds. The van der Waals surface area contributed by atoms with E-state index in [4.69, 9.17) is 9.84 Å². The van der Waals surface area contributed by atoms with Gasteiger partial charge in [0.2, 0.25) is 0 Å². The fourth-order valence-corrected chi connectivity index (χ4v) is 2.17. The van der Waals surface area contributed by atoms with E-state index in [0.29, 0.717) is 24.7 Å². The molecular weight excluding hydrogens is 250 g/mol. The first-order valence-electron chi connectivity index (χ1n) is 6.16. The number of carbonyl (C=O) groups is 1. The van der Waals surface area contributed by atoms with E-state index >= 15 is 0 Å². The number of hydrogen-bond acceptors (Lipinski definition) is 5. The standard InChI is InChI=1S/C12H17N3O4/c1-3-9-13-10(4-11(16)14-9)15(2)8-6-19-5-7(8)12(17)18/h4,7-8H,3,5-6H2,1-2H3,(H,17,18)(H,13,14,16). The number of anilines is 1. The van der Waals surface area contributed by atoms with Gasteiger partial charge in [-0.25, -0.2) is 4.98 Å². The first kappa shape index (κ1) is 13.5. The Bertz CT molecular complexity index is 528. The summed E-state index contributed by atoms with van der Waals surface area (Å²) in [4.78, 5) is 31.3. The number of aliphatic carboxylic acids is 1. The summed E-state index contributed by atoms with van der Waals surface area (Å²) in [6.07, 6.45) is 0.612. The van der Waals surface area contributed by atoms with Gasteiger partial charge >= 0.3 is 5.97 Å². The minimum absolute atomic E-state index is 0.189. The molecule has 7 nitrogen and oxygen atoms in total. The Morgan fingerprint density at radius 2 is 2.37 bits per heavy atom. The normalized spacial score (nSPS) is 22.4.